The minimum absolute atomic E-state index is 0.0819. The molecule has 1 N–H and O–H groups in total. The van der Waals surface area contributed by atoms with Crippen LogP contribution in [0.1, 0.15) is 67.8 Å². The van der Waals surface area contributed by atoms with Gasteiger partial charge in [0.15, 0.2) is 0 Å². The molecule has 0 unspecified atom stereocenters. The van der Waals surface area contributed by atoms with E-state index in [-0.39, 0.29) is 12.5 Å². The number of aliphatic hydroxyl groups excluding tert-OH is 1. The van der Waals surface area contributed by atoms with Crippen LogP contribution in [0.4, 0.5) is 4.79 Å². The lowest BCUT2D eigenvalue weighted by atomic mass is 9.93. The number of ether oxygens (including phenoxy) is 2. The fraction of sp³-hybridized carbons (Fsp3) is 0.394. The Labute approximate surface area is 242 Å². The zero-order valence-electron chi connectivity index (χ0n) is 24.2. The number of halogens is 1. The first-order valence-corrected chi connectivity index (χ1v) is 14.0. The Morgan fingerprint density at radius 2 is 1.65 bits per heavy atom. The van der Waals surface area contributed by atoms with Crippen molar-refractivity contribution < 1.29 is 24.2 Å². The van der Waals surface area contributed by atoms with Crippen molar-refractivity contribution in [3.05, 3.63) is 94.0 Å². The minimum Gasteiger partial charge on any atom is -0.465 e. The first-order chi connectivity index (χ1) is 18.9. The summed E-state index contributed by atoms with van der Waals surface area (Å²) in [6.07, 6.45) is -0.0188. The third kappa shape index (κ3) is 9.10. The molecule has 40 heavy (non-hydrogen) atoms. The third-order valence-corrected chi connectivity index (χ3v) is 6.61. The summed E-state index contributed by atoms with van der Waals surface area (Å²) in [5.74, 6) is 0.0684. The van der Waals surface area contributed by atoms with Crippen LogP contribution in [0.2, 0.25) is 5.02 Å². The van der Waals surface area contributed by atoms with Crippen LogP contribution < -0.4 is 0 Å². The van der Waals surface area contributed by atoms with Crippen molar-refractivity contribution in [2.24, 2.45) is 5.92 Å². The molecule has 0 spiro atoms. The van der Waals surface area contributed by atoms with Crippen LogP contribution >= 0.6 is 11.6 Å². The van der Waals surface area contributed by atoms with E-state index in [1.807, 2.05) is 57.2 Å². The Kier molecular flexibility index (Phi) is 10.8. The number of carbonyl (C=O) groups is 2. The molecule has 0 saturated heterocycles. The average molecular weight is 566 g/mol. The summed E-state index contributed by atoms with van der Waals surface area (Å²) in [5.41, 5.74) is 4.65. The van der Waals surface area contributed by atoms with Crippen molar-refractivity contribution >= 4 is 23.7 Å². The van der Waals surface area contributed by atoms with Gasteiger partial charge in [-0.05, 0) is 85.5 Å². The smallest absolute Gasteiger partial charge is 0.410 e. The highest BCUT2D eigenvalue weighted by molar-refractivity contribution is 6.30. The molecule has 3 aromatic rings. The lowest BCUT2D eigenvalue weighted by Gasteiger charge is -2.29. The van der Waals surface area contributed by atoms with Gasteiger partial charge in [0.25, 0.3) is 0 Å². The van der Waals surface area contributed by atoms with Crippen molar-refractivity contribution in [1.29, 1.82) is 0 Å². The molecular weight excluding hydrogens is 526 g/mol. The van der Waals surface area contributed by atoms with E-state index in [1.165, 1.54) is 12.0 Å². The number of amides is 1. The van der Waals surface area contributed by atoms with E-state index in [0.29, 0.717) is 35.0 Å². The van der Waals surface area contributed by atoms with Gasteiger partial charge in [0.2, 0.25) is 0 Å². The van der Waals surface area contributed by atoms with Gasteiger partial charge in [-0.25, -0.2) is 9.59 Å². The second-order valence-electron chi connectivity index (χ2n) is 11.4. The number of benzene rings is 3. The quantitative estimate of drug-likeness (QED) is 0.257. The SMILES string of the molecule is COC(=O)c1ccc(-c2ccc(CCN(C[C@H](O)c3cccc(Cl)c3)C(=O)OC(C)(C)C)cc2)cc1CC(C)C. The van der Waals surface area contributed by atoms with Gasteiger partial charge < -0.3 is 19.5 Å². The van der Waals surface area contributed by atoms with Crippen molar-refractivity contribution in [2.45, 2.75) is 59.2 Å². The molecule has 0 aliphatic rings. The molecule has 0 fully saturated rings. The number of hydrogen-bond acceptors (Lipinski definition) is 5. The summed E-state index contributed by atoms with van der Waals surface area (Å²) >= 11 is 6.10. The Morgan fingerprint density at radius 1 is 0.975 bits per heavy atom. The number of rotatable bonds is 10. The van der Waals surface area contributed by atoms with Crippen LogP contribution in [0.5, 0.6) is 0 Å². The number of aliphatic hydroxyl groups is 1. The number of hydrogen-bond donors (Lipinski definition) is 1. The molecule has 0 radical (unpaired) electrons. The van der Waals surface area contributed by atoms with Crippen LogP contribution in [-0.2, 0) is 22.3 Å². The van der Waals surface area contributed by atoms with E-state index < -0.39 is 17.8 Å². The molecule has 0 aliphatic heterocycles. The van der Waals surface area contributed by atoms with Gasteiger partial charge in [0.1, 0.15) is 5.60 Å². The normalized spacial score (nSPS) is 12.2. The van der Waals surface area contributed by atoms with E-state index >= 15 is 0 Å². The van der Waals surface area contributed by atoms with E-state index in [9.17, 15) is 14.7 Å². The van der Waals surface area contributed by atoms with Crippen molar-refractivity contribution in [3.63, 3.8) is 0 Å². The first kappa shape index (κ1) is 31.2. The summed E-state index contributed by atoms with van der Waals surface area (Å²) in [6, 6.07) is 21.0. The van der Waals surface area contributed by atoms with E-state index in [4.69, 9.17) is 21.1 Å². The first-order valence-electron chi connectivity index (χ1n) is 13.6. The summed E-state index contributed by atoms with van der Waals surface area (Å²) in [5, 5.41) is 11.4. The maximum absolute atomic E-state index is 13.0. The molecule has 0 aromatic heterocycles. The average Bonchev–Trinajstić information content (AvgIpc) is 2.89. The van der Waals surface area contributed by atoms with E-state index in [0.717, 1.165) is 28.7 Å². The molecule has 3 rings (SSSR count). The highest BCUT2D eigenvalue weighted by Crippen LogP contribution is 2.26. The molecule has 1 amide bonds. The van der Waals surface area contributed by atoms with E-state index in [2.05, 4.69) is 19.9 Å². The van der Waals surface area contributed by atoms with Crippen LogP contribution in [0, 0.1) is 5.92 Å². The van der Waals surface area contributed by atoms with Crippen molar-refractivity contribution in [1.82, 2.24) is 4.90 Å². The van der Waals surface area contributed by atoms with Crippen molar-refractivity contribution in [2.75, 3.05) is 20.2 Å². The Bertz CT molecular complexity index is 1300. The van der Waals surface area contributed by atoms with Crippen LogP contribution in [-0.4, -0.2) is 47.9 Å². The van der Waals surface area contributed by atoms with Crippen LogP contribution in [0.15, 0.2) is 66.7 Å². The lowest BCUT2D eigenvalue weighted by molar-refractivity contribution is 0.0147. The number of esters is 1. The molecular formula is C33H40ClNO5. The zero-order chi connectivity index (χ0) is 29.4. The maximum atomic E-state index is 13.0. The molecule has 214 valence electrons. The zero-order valence-corrected chi connectivity index (χ0v) is 25.0. The van der Waals surface area contributed by atoms with Gasteiger partial charge in [-0.3, -0.25) is 0 Å². The number of methoxy groups -OCH3 is 1. The van der Waals surface area contributed by atoms with Gasteiger partial charge in [0, 0.05) is 11.6 Å². The number of nitrogens with zero attached hydrogens (tertiary/aromatic N) is 1. The van der Waals surface area contributed by atoms with Crippen LogP contribution in [0.3, 0.4) is 0 Å². The monoisotopic (exact) mass is 565 g/mol. The Hall–Kier alpha value is -3.35. The molecule has 0 bridgehead atoms. The summed E-state index contributed by atoms with van der Waals surface area (Å²) < 4.78 is 10.6. The molecule has 0 aliphatic carbocycles. The second-order valence-corrected chi connectivity index (χ2v) is 11.8. The molecule has 1 atom stereocenters. The topological polar surface area (TPSA) is 76.1 Å². The molecule has 7 heteroatoms. The highest BCUT2D eigenvalue weighted by atomic mass is 35.5. The predicted molar refractivity (Wildman–Crippen MR) is 160 cm³/mol. The van der Waals surface area contributed by atoms with Gasteiger partial charge in [-0.15, -0.1) is 0 Å². The molecule has 3 aromatic carbocycles. The van der Waals surface area contributed by atoms with Crippen LogP contribution in [0.25, 0.3) is 11.1 Å². The van der Waals surface area contributed by atoms with Crippen molar-refractivity contribution in [3.8, 4) is 11.1 Å². The summed E-state index contributed by atoms with van der Waals surface area (Å²) in [6.45, 7) is 10.2. The fourth-order valence-electron chi connectivity index (χ4n) is 4.43. The second kappa shape index (κ2) is 13.8. The van der Waals surface area contributed by atoms with Gasteiger partial charge in [-0.1, -0.05) is 74.0 Å². The predicted octanol–water partition coefficient (Wildman–Crippen LogP) is 7.51. The summed E-state index contributed by atoms with van der Waals surface area (Å²) in [4.78, 5) is 26.8. The fourth-order valence-corrected chi connectivity index (χ4v) is 4.63. The van der Waals surface area contributed by atoms with Gasteiger partial charge in [-0.2, -0.15) is 0 Å². The summed E-state index contributed by atoms with van der Waals surface area (Å²) in [7, 11) is 1.40. The van der Waals surface area contributed by atoms with Gasteiger partial charge >= 0.3 is 12.1 Å². The molecule has 6 nitrogen and oxygen atoms in total. The standard InChI is InChI=1S/C33H40ClNO5/c1-22(2)18-27-19-25(14-15-29(27)31(37)39-6)24-12-10-23(11-13-24)16-17-35(32(38)40-33(3,4)5)21-30(36)26-8-7-9-28(34)20-26/h7-15,19-20,22,30,36H,16-18,21H2,1-6H3/t30-/m0/s1. The Morgan fingerprint density at radius 3 is 2.25 bits per heavy atom. The van der Waals surface area contributed by atoms with Gasteiger partial charge in [0.05, 0.1) is 25.3 Å². The highest BCUT2D eigenvalue weighted by Gasteiger charge is 2.25. The van der Waals surface area contributed by atoms with E-state index in [1.54, 1.807) is 24.3 Å². The third-order valence-electron chi connectivity index (χ3n) is 6.37. The molecule has 0 heterocycles. The molecule has 0 saturated carbocycles. The Balaban J connectivity index is 1.76. The maximum Gasteiger partial charge on any atom is 0.410 e. The number of carbonyl (C=O) groups excluding carboxylic acids is 2. The minimum atomic E-state index is -0.901. The lowest BCUT2D eigenvalue weighted by Crippen LogP contribution is -2.40. The largest absolute Gasteiger partial charge is 0.465 e.